The van der Waals surface area contributed by atoms with Crippen molar-refractivity contribution in [3.05, 3.63) is 82.4 Å². The highest BCUT2D eigenvalue weighted by molar-refractivity contribution is 6.13. The average molecular weight is 483 g/mol. The van der Waals surface area contributed by atoms with Crippen LogP contribution in [-0.4, -0.2) is 47.2 Å². The summed E-state index contributed by atoms with van der Waals surface area (Å²) in [6, 6.07) is 7.59. The number of hydrogen-bond donors (Lipinski definition) is 2. The lowest BCUT2D eigenvalue weighted by Crippen LogP contribution is -2.24. The molecule has 35 heavy (non-hydrogen) atoms. The van der Waals surface area contributed by atoms with Crippen molar-refractivity contribution >= 4 is 22.3 Å². The summed E-state index contributed by atoms with van der Waals surface area (Å²) in [7, 11) is 3.15. The second kappa shape index (κ2) is 9.45. The Hall–Kier alpha value is -4.41. The maximum absolute atomic E-state index is 13.7. The van der Waals surface area contributed by atoms with Gasteiger partial charge >= 0.3 is 6.18 Å². The normalized spacial score (nSPS) is 14.8. The first-order valence-corrected chi connectivity index (χ1v) is 10.3. The smallest absolute Gasteiger partial charge is 0.422 e. The second-order valence-electron chi connectivity index (χ2n) is 7.46. The first-order chi connectivity index (χ1) is 16.7. The van der Waals surface area contributed by atoms with E-state index < -0.39 is 18.3 Å². The third kappa shape index (κ3) is 5.08. The molecule has 2 N–H and O–H groups in total. The quantitative estimate of drug-likeness (QED) is 0.553. The van der Waals surface area contributed by atoms with Crippen molar-refractivity contribution in [3.63, 3.8) is 0 Å². The van der Waals surface area contributed by atoms with E-state index in [9.17, 15) is 18.0 Å². The predicted octanol–water partition coefficient (Wildman–Crippen LogP) is 3.81. The number of allylic oxidation sites excluding steroid dienone is 5. The van der Waals surface area contributed by atoms with Crippen LogP contribution < -0.4 is 20.3 Å². The van der Waals surface area contributed by atoms with Crippen LogP contribution in [0.2, 0.25) is 0 Å². The maximum Gasteiger partial charge on any atom is 0.422 e. The van der Waals surface area contributed by atoms with E-state index in [1.54, 1.807) is 49.7 Å². The number of aromatic nitrogens is 3. The van der Waals surface area contributed by atoms with Crippen molar-refractivity contribution < 1.29 is 22.6 Å². The summed E-state index contributed by atoms with van der Waals surface area (Å²) in [5.41, 5.74) is 1.68. The fraction of sp³-hybridized carbons (Fsp3) is 0.167. The van der Waals surface area contributed by atoms with Gasteiger partial charge in [-0.2, -0.15) is 18.2 Å². The highest BCUT2D eigenvalue weighted by Gasteiger charge is 2.29. The summed E-state index contributed by atoms with van der Waals surface area (Å²) < 4.78 is 49.1. The number of methoxy groups -OCH3 is 1. The molecule has 0 saturated carbocycles. The molecule has 4 rings (SSSR count). The van der Waals surface area contributed by atoms with Gasteiger partial charge in [0.1, 0.15) is 0 Å². The van der Waals surface area contributed by atoms with E-state index in [-0.39, 0.29) is 17.2 Å². The molecule has 0 unspecified atom stereocenters. The molecular weight excluding hydrogens is 463 g/mol. The maximum atomic E-state index is 13.7. The Labute approximate surface area is 197 Å². The molecule has 3 aromatic rings. The summed E-state index contributed by atoms with van der Waals surface area (Å²) in [5, 5.41) is 11.4. The SMILES string of the molecule is CN/C=C1/C=C(c2cc3ccc(OCC(F)(F)F)nc3n(-c3ccc(OC)nc3)c2=O)C=CC1=N. The lowest BCUT2D eigenvalue weighted by atomic mass is 9.95. The average Bonchev–Trinajstić information content (AvgIpc) is 2.83. The predicted molar refractivity (Wildman–Crippen MR) is 125 cm³/mol. The topological polar surface area (TPSA) is 102 Å². The van der Waals surface area contributed by atoms with Crippen LogP contribution in [0.5, 0.6) is 11.8 Å². The number of nitrogens with zero attached hydrogens (tertiary/aromatic N) is 3. The molecule has 0 radical (unpaired) electrons. The second-order valence-corrected chi connectivity index (χ2v) is 7.46. The number of alkyl halides is 3. The van der Waals surface area contributed by atoms with E-state index in [1.165, 1.54) is 30.0 Å². The van der Waals surface area contributed by atoms with Crippen LogP contribution in [0.3, 0.4) is 0 Å². The molecule has 0 bridgehead atoms. The fourth-order valence-corrected chi connectivity index (χ4v) is 3.48. The van der Waals surface area contributed by atoms with Crippen LogP contribution >= 0.6 is 0 Å². The zero-order valence-corrected chi connectivity index (χ0v) is 18.7. The Bertz CT molecular complexity index is 1440. The molecule has 3 aromatic heterocycles. The molecule has 0 fully saturated rings. The molecule has 0 amide bonds. The molecule has 1 aliphatic carbocycles. The van der Waals surface area contributed by atoms with Gasteiger partial charge in [-0.1, -0.05) is 6.08 Å². The molecule has 0 spiro atoms. The number of pyridine rings is 3. The van der Waals surface area contributed by atoms with Gasteiger partial charge in [0.05, 0.1) is 24.7 Å². The third-order valence-electron chi connectivity index (χ3n) is 5.06. The minimum atomic E-state index is -4.54. The fourth-order valence-electron chi connectivity index (χ4n) is 3.48. The van der Waals surface area contributed by atoms with Crippen molar-refractivity contribution in [3.8, 4) is 17.4 Å². The van der Waals surface area contributed by atoms with Crippen molar-refractivity contribution in [2.45, 2.75) is 6.18 Å². The van der Waals surface area contributed by atoms with E-state index in [0.29, 0.717) is 33.7 Å². The van der Waals surface area contributed by atoms with Gasteiger partial charge in [0.15, 0.2) is 12.3 Å². The van der Waals surface area contributed by atoms with Gasteiger partial charge in [-0.25, -0.2) is 4.98 Å². The van der Waals surface area contributed by atoms with E-state index >= 15 is 0 Å². The third-order valence-corrected chi connectivity index (χ3v) is 5.06. The number of halogens is 3. The van der Waals surface area contributed by atoms with Crippen LogP contribution in [0, 0.1) is 5.41 Å². The van der Waals surface area contributed by atoms with Crippen molar-refractivity contribution in [1.29, 1.82) is 5.41 Å². The number of nitrogens with one attached hydrogen (secondary N) is 2. The zero-order chi connectivity index (χ0) is 25.2. The minimum absolute atomic E-state index is 0.101. The van der Waals surface area contributed by atoms with Gasteiger partial charge in [-0.05, 0) is 35.9 Å². The van der Waals surface area contributed by atoms with E-state index in [2.05, 4.69) is 15.3 Å². The van der Waals surface area contributed by atoms with E-state index in [1.807, 2.05) is 0 Å². The Morgan fingerprint density at radius 2 is 1.94 bits per heavy atom. The largest absolute Gasteiger partial charge is 0.481 e. The zero-order valence-electron chi connectivity index (χ0n) is 18.7. The molecule has 0 aliphatic heterocycles. The number of ether oxygens (including phenoxy) is 2. The number of hydrogen-bond acceptors (Lipinski definition) is 7. The van der Waals surface area contributed by atoms with Crippen LogP contribution in [0.15, 0.2) is 71.3 Å². The van der Waals surface area contributed by atoms with Crippen LogP contribution in [0.25, 0.3) is 22.3 Å². The van der Waals surface area contributed by atoms with Gasteiger partial charge in [-0.3, -0.25) is 9.36 Å². The highest BCUT2D eigenvalue weighted by Crippen LogP contribution is 2.26. The van der Waals surface area contributed by atoms with Crippen molar-refractivity contribution in [2.75, 3.05) is 20.8 Å². The summed E-state index contributed by atoms with van der Waals surface area (Å²) >= 11 is 0. The van der Waals surface area contributed by atoms with Gasteiger partial charge in [-0.15, -0.1) is 0 Å². The van der Waals surface area contributed by atoms with Gasteiger partial charge < -0.3 is 20.2 Å². The highest BCUT2D eigenvalue weighted by atomic mass is 19.4. The van der Waals surface area contributed by atoms with E-state index in [0.717, 1.165) is 0 Å². The van der Waals surface area contributed by atoms with E-state index in [4.69, 9.17) is 14.9 Å². The van der Waals surface area contributed by atoms with Gasteiger partial charge in [0.2, 0.25) is 11.8 Å². The van der Waals surface area contributed by atoms with Gasteiger partial charge in [0, 0.05) is 41.9 Å². The molecule has 0 atom stereocenters. The lowest BCUT2D eigenvalue weighted by Gasteiger charge is -2.16. The molecule has 0 saturated heterocycles. The van der Waals surface area contributed by atoms with Gasteiger partial charge in [0.25, 0.3) is 5.56 Å². The molecular formula is C24H20F3N5O3. The molecule has 3 heterocycles. The summed E-state index contributed by atoms with van der Waals surface area (Å²) in [5.74, 6) is 0.0457. The Morgan fingerprint density at radius 1 is 1.17 bits per heavy atom. The number of rotatable bonds is 6. The number of fused-ring (bicyclic) bond motifs is 1. The van der Waals surface area contributed by atoms with Crippen molar-refractivity contribution in [1.82, 2.24) is 19.9 Å². The first-order valence-electron chi connectivity index (χ1n) is 10.3. The Morgan fingerprint density at radius 3 is 2.60 bits per heavy atom. The Balaban J connectivity index is 1.93. The molecule has 1 aliphatic rings. The Kier molecular flexibility index (Phi) is 6.41. The monoisotopic (exact) mass is 483 g/mol. The molecule has 11 heteroatoms. The minimum Gasteiger partial charge on any atom is -0.481 e. The summed E-state index contributed by atoms with van der Waals surface area (Å²) in [6.07, 6.45) is 3.45. The molecule has 180 valence electrons. The molecule has 0 aromatic carbocycles. The standard InChI is InChI=1S/C24H20F3N5O3/c1-29-11-16-9-14(3-6-19(16)28)18-10-15-4-7-21(35-13-24(25,26)27)31-22(15)32(23(18)33)17-5-8-20(34-2)30-12-17/h3-12,28-29H,13H2,1-2H3/b16-11-,28-19?. The summed E-state index contributed by atoms with van der Waals surface area (Å²) in [6.45, 7) is -1.51. The van der Waals surface area contributed by atoms with Crippen LogP contribution in [-0.2, 0) is 0 Å². The van der Waals surface area contributed by atoms with Crippen molar-refractivity contribution in [2.24, 2.45) is 0 Å². The lowest BCUT2D eigenvalue weighted by molar-refractivity contribution is -0.154. The molecule has 8 nitrogen and oxygen atoms in total. The van der Waals surface area contributed by atoms with Crippen LogP contribution in [0.1, 0.15) is 5.56 Å². The van der Waals surface area contributed by atoms with Crippen LogP contribution in [0.4, 0.5) is 13.2 Å². The summed E-state index contributed by atoms with van der Waals surface area (Å²) in [4.78, 5) is 22.0. The first kappa shape index (κ1) is 23.7.